The van der Waals surface area contributed by atoms with Gasteiger partial charge in [0.05, 0.1) is 0 Å². The quantitative estimate of drug-likeness (QED) is 0.338. The predicted molar refractivity (Wildman–Crippen MR) is 19.8 cm³/mol. The van der Waals surface area contributed by atoms with E-state index in [1.54, 1.807) is 0 Å². The summed E-state index contributed by atoms with van der Waals surface area (Å²) in [6.07, 6.45) is 0. The van der Waals surface area contributed by atoms with E-state index in [9.17, 15) is 0 Å². The number of rotatable bonds is 1. The molecule has 0 fully saturated rings. The van der Waals surface area contributed by atoms with Gasteiger partial charge >= 0.3 is 7.32 Å². The Kier molecular flexibility index (Phi) is 2.26. The summed E-state index contributed by atoms with van der Waals surface area (Å²) >= 11 is 0. The minimum Gasteiger partial charge on any atom is -0.456 e. The molecule has 0 atom stereocenters. The van der Waals surface area contributed by atoms with Crippen LogP contribution in [-0.4, -0.2) is 25.4 Å². The first-order chi connectivity index (χ1) is 2.27. The van der Waals surface area contributed by atoms with E-state index in [1.165, 1.54) is 8.05 Å². The molecule has 0 rings (SSSR count). The topological polar surface area (TPSA) is 49.7 Å². The van der Waals surface area contributed by atoms with Crippen molar-refractivity contribution in [3.63, 3.8) is 0 Å². The van der Waals surface area contributed by atoms with Crippen LogP contribution in [-0.2, 0) is 4.57 Å². The second kappa shape index (κ2) is 2.26. The lowest BCUT2D eigenvalue weighted by molar-refractivity contribution is 0.299. The third-order valence-corrected chi connectivity index (χ3v) is 0.211. The highest BCUT2D eigenvalue weighted by Crippen LogP contribution is 1.58. The van der Waals surface area contributed by atoms with Gasteiger partial charge in [-0.05, 0) is 0 Å². The summed E-state index contributed by atoms with van der Waals surface area (Å²) in [4.78, 5) is 0. The van der Waals surface area contributed by atoms with E-state index < -0.39 is 7.32 Å². The lowest BCUT2D eigenvalue weighted by Gasteiger charge is -1.85. The van der Waals surface area contributed by atoms with E-state index in [0.717, 1.165) is 0 Å². The first kappa shape index (κ1) is 5.01. The molecule has 0 spiro atoms. The van der Waals surface area contributed by atoms with Gasteiger partial charge in [-0.2, -0.15) is 0 Å². The molecule has 0 aromatic heterocycles. The highest BCUT2D eigenvalue weighted by Gasteiger charge is 1.99. The monoisotopic (exact) mass is 74.0 g/mol. The summed E-state index contributed by atoms with van der Waals surface area (Å²) < 4.78 is 3.86. The van der Waals surface area contributed by atoms with Crippen molar-refractivity contribution in [3.05, 3.63) is 0 Å². The van der Waals surface area contributed by atoms with Gasteiger partial charge in [0.2, 0.25) is 8.05 Å². The lowest BCUT2D eigenvalue weighted by Crippen LogP contribution is -2.13. The molecule has 0 amide bonds. The fourth-order valence-corrected chi connectivity index (χ4v) is 0. The molecule has 0 bridgehead atoms. The summed E-state index contributed by atoms with van der Waals surface area (Å²) in [7, 11) is -0.417. The van der Waals surface area contributed by atoms with Crippen LogP contribution >= 0.6 is 0 Å². The maximum Gasteiger partial charge on any atom is 0.617 e. The molecule has 2 N–H and O–H groups in total. The molecule has 28 valence electrons. The molecule has 0 saturated carbocycles. The minimum atomic E-state index is -1.62. The van der Waals surface area contributed by atoms with Gasteiger partial charge in [-0.1, -0.05) is 0 Å². The van der Waals surface area contributed by atoms with E-state index in [1.807, 2.05) is 0 Å². The fourth-order valence-electron chi connectivity index (χ4n) is 0. The molecule has 0 aliphatic carbocycles. The molecule has 0 radical (unpaired) electrons. The van der Waals surface area contributed by atoms with Crippen LogP contribution in [0.3, 0.4) is 0 Å². The maximum atomic E-state index is 7.69. The van der Waals surface area contributed by atoms with Crippen LogP contribution in [0.2, 0.25) is 0 Å². The summed E-state index contributed by atoms with van der Waals surface area (Å²) in [6.45, 7) is 0. The Labute approximate surface area is 31.2 Å². The average molecular weight is 73.7 g/mol. The van der Waals surface area contributed by atoms with Gasteiger partial charge in [-0.15, -0.1) is 0 Å². The summed E-state index contributed by atoms with van der Waals surface area (Å²) in [6, 6.07) is 0. The molecule has 3 nitrogen and oxygen atoms in total. The van der Waals surface area contributed by atoms with E-state index in [0.29, 0.717) is 0 Å². The second-order valence-electron chi connectivity index (χ2n) is 0.562. The van der Waals surface area contributed by atoms with Gasteiger partial charge in [0.25, 0.3) is 0 Å². The van der Waals surface area contributed by atoms with Gasteiger partial charge in [-0.25, -0.2) is 0 Å². The highest BCUT2D eigenvalue weighted by atomic mass is 16.6. The Morgan fingerprint density at radius 2 is 1.80 bits per heavy atom. The van der Waals surface area contributed by atoms with E-state index >= 15 is 0 Å². The lowest BCUT2D eigenvalue weighted by atomic mass is 10.2. The van der Waals surface area contributed by atoms with Gasteiger partial charge in [-0.3, -0.25) is 0 Å². The molecule has 5 heavy (non-hydrogen) atoms. The van der Waals surface area contributed by atoms with Gasteiger partial charge in [0.1, 0.15) is 0 Å². The molecule has 0 aromatic carbocycles. The predicted octanol–water partition coefficient (Wildman–Crippen LogP) is -2.48. The Morgan fingerprint density at radius 1 is 1.60 bits per heavy atom. The largest absolute Gasteiger partial charge is 0.617 e. The summed E-state index contributed by atoms with van der Waals surface area (Å²) in [5.41, 5.74) is 0. The SMILES string of the molecule is BOB(O)O. The van der Waals surface area contributed by atoms with Crippen molar-refractivity contribution in [3.8, 4) is 0 Å². The van der Waals surface area contributed by atoms with Crippen LogP contribution in [0.15, 0.2) is 0 Å². The van der Waals surface area contributed by atoms with Crippen LogP contribution < -0.4 is 0 Å². The zero-order chi connectivity index (χ0) is 4.28. The molecule has 0 unspecified atom stereocenters. The Bertz CT molecular complexity index is 18.9. The molecular formula is H4B2O3. The maximum absolute atomic E-state index is 7.69. The molecule has 0 heterocycles. The van der Waals surface area contributed by atoms with Crippen LogP contribution in [0, 0.1) is 0 Å². The Morgan fingerprint density at radius 3 is 1.80 bits per heavy atom. The molecule has 0 saturated heterocycles. The standard InChI is InChI=1S/B2H4O3/c1-5-2(3)4/h3-4H,1H2. The third-order valence-electron chi connectivity index (χ3n) is 0.211. The highest BCUT2D eigenvalue weighted by molar-refractivity contribution is 6.38. The Balaban J connectivity index is 2.54. The summed E-state index contributed by atoms with van der Waals surface area (Å²) in [5, 5.41) is 15.4. The van der Waals surface area contributed by atoms with Gasteiger partial charge in [0, 0.05) is 0 Å². The number of hydrogen-bond acceptors (Lipinski definition) is 3. The van der Waals surface area contributed by atoms with Crippen molar-refractivity contribution in [2.45, 2.75) is 0 Å². The van der Waals surface area contributed by atoms with E-state index in [2.05, 4.69) is 4.57 Å². The van der Waals surface area contributed by atoms with Crippen molar-refractivity contribution in [1.82, 2.24) is 0 Å². The zero-order valence-electron chi connectivity index (χ0n) is 2.88. The van der Waals surface area contributed by atoms with Crippen LogP contribution in [0.5, 0.6) is 0 Å². The van der Waals surface area contributed by atoms with Gasteiger partial charge < -0.3 is 14.6 Å². The third kappa shape index (κ3) is 4.01. The van der Waals surface area contributed by atoms with Crippen molar-refractivity contribution in [2.24, 2.45) is 0 Å². The normalized spacial score (nSPS) is 7.60. The number of hydrogen-bond donors (Lipinski definition) is 2. The summed E-state index contributed by atoms with van der Waals surface area (Å²) in [5.74, 6) is 0. The van der Waals surface area contributed by atoms with Crippen molar-refractivity contribution in [2.75, 3.05) is 0 Å². The van der Waals surface area contributed by atoms with Crippen LogP contribution in [0.4, 0.5) is 0 Å². The second-order valence-corrected chi connectivity index (χ2v) is 0.562. The van der Waals surface area contributed by atoms with E-state index in [-0.39, 0.29) is 0 Å². The molecule has 0 aliphatic rings. The first-order valence-corrected chi connectivity index (χ1v) is 1.16. The van der Waals surface area contributed by atoms with Crippen molar-refractivity contribution < 1.29 is 14.6 Å². The first-order valence-electron chi connectivity index (χ1n) is 1.16. The molecule has 5 heteroatoms. The molecule has 0 aliphatic heterocycles. The van der Waals surface area contributed by atoms with Gasteiger partial charge in [0.15, 0.2) is 0 Å². The van der Waals surface area contributed by atoms with Crippen LogP contribution in [0.1, 0.15) is 0 Å². The molecule has 0 aromatic rings. The minimum absolute atomic E-state index is 1.20. The Hall–Kier alpha value is 0.00987. The fraction of sp³-hybridized carbons (Fsp3) is 0. The van der Waals surface area contributed by atoms with Crippen LogP contribution in [0.25, 0.3) is 0 Å². The van der Waals surface area contributed by atoms with Crippen molar-refractivity contribution >= 4 is 15.4 Å². The van der Waals surface area contributed by atoms with E-state index in [4.69, 9.17) is 10.0 Å². The zero-order valence-corrected chi connectivity index (χ0v) is 2.88. The smallest absolute Gasteiger partial charge is 0.456 e. The molecular weight excluding hydrogens is 69.6 g/mol. The van der Waals surface area contributed by atoms with Crippen molar-refractivity contribution in [1.29, 1.82) is 0 Å². The average Bonchev–Trinajstić information content (AvgIpc) is 1.38.